The number of thiocyanates is 1. The summed E-state index contributed by atoms with van der Waals surface area (Å²) in [4.78, 5) is 0.807. The molecule has 0 aromatic heterocycles. The molecule has 0 aliphatic carbocycles. The molecule has 11 heavy (non-hydrogen) atoms. The molecule has 4 heteroatoms. The molecule has 0 fully saturated rings. The SMILES string of the molecule is N#CSc1ccc(Cl)c(Cl)c1. The molecule has 0 radical (unpaired) electrons. The maximum absolute atomic E-state index is 8.32. The van der Waals surface area contributed by atoms with Crippen LogP contribution >= 0.6 is 35.0 Å². The van der Waals surface area contributed by atoms with E-state index in [4.69, 9.17) is 28.5 Å². The maximum atomic E-state index is 8.32. The second-order valence-corrected chi connectivity index (χ2v) is 3.44. The third kappa shape index (κ3) is 2.30. The van der Waals surface area contributed by atoms with Gasteiger partial charge >= 0.3 is 0 Å². The smallest absolute Gasteiger partial charge is 0.138 e. The van der Waals surface area contributed by atoms with E-state index in [2.05, 4.69) is 0 Å². The third-order valence-electron chi connectivity index (χ3n) is 1.05. The molecule has 0 saturated carbocycles. The van der Waals surface area contributed by atoms with Crippen LogP contribution in [0, 0.1) is 10.7 Å². The van der Waals surface area contributed by atoms with Crippen molar-refractivity contribution >= 4 is 35.0 Å². The van der Waals surface area contributed by atoms with E-state index in [1.807, 2.05) is 5.40 Å². The van der Waals surface area contributed by atoms with E-state index < -0.39 is 0 Å². The normalized spacial score (nSPS) is 9.18. The lowest BCUT2D eigenvalue weighted by Gasteiger charge is -1.95. The van der Waals surface area contributed by atoms with Crippen molar-refractivity contribution in [1.82, 2.24) is 0 Å². The Morgan fingerprint density at radius 2 is 2.00 bits per heavy atom. The highest BCUT2D eigenvalue weighted by atomic mass is 35.5. The van der Waals surface area contributed by atoms with Crippen LogP contribution in [-0.4, -0.2) is 0 Å². The minimum Gasteiger partial charge on any atom is -0.185 e. The third-order valence-corrected chi connectivity index (χ3v) is 2.37. The van der Waals surface area contributed by atoms with E-state index in [0.717, 1.165) is 16.7 Å². The average Bonchev–Trinajstić information content (AvgIpc) is 1.98. The molecule has 0 aliphatic heterocycles. The standard InChI is InChI=1S/C7H3Cl2NS/c8-6-2-1-5(11-4-10)3-7(6)9/h1-3H. The Kier molecular flexibility index (Phi) is 3.07. The molecule has 0 saturated heterocycles. The van der Waals surface area contributed by atoms with Crippen LogP contribution in [0.5, 0.6) is 0 Å². The van der Waals surface area contributed by atoms with Gasteiger partial charge in [0, 0.05) is 4.90 Å². The van der Waals surface area contributed by atoms with Crippen LogP contribution in [0.15, 0.2) is 23.1 Å². The zero-order valence-corrected chi connectivity index (χ0v) is 7.67. The van der Waals surface area contributed by atoms with Crippen LogP contribution in [0.1, 0.15) is 0 Å². The Bertz CT molecular complexity index is 306. The van der Waals surface area contributed by atoms with Crippen molar-refractivity contribution in [2.24, 2.45) is 0 Å². The van der Waals surface area contributed by atoms with E-state index in [1.165, 1.54) is 0 Å². The van der Waals surface area contributed by atoms with E-state index >= 15 is 0 Å². The minimum atomic E-state index is 0.479. The van der Waals surface area contributed by atoms with Crippen LogP contribution in [0.4, 0.5) is 0 Å². The number of nitriles is 1. The molecule has 0 aliphatic rings. The van der Waals surface area contributed by atoms with Gasteiger partial charge in [-0.25, -0.2) is 0 Å². The molecule has 1 nitrogen and oxygen atoms in total. The van der Waals surface area contributed by atoms with Crippen LogP contribution in [-0.2, 0) is 0 Å². The predicted octanol–water partition coefficient (Wildman–Crippen LogP) is 3.57. The Hall–Kier alpha value is -0.360. The molecule has 1 rings (SSSR count). The molecule has 0 heterocycles. The fourth-order valence-corrected chi connectivity index (χ4v) is 1.37. The van der Waals surface area contributed by atoms with Crippen molar-refractivity contribution in [2.75, 3.05) is 0 Å². The molecular weight excluding hydrogens is 201 g/mol. The van der Waals surface area contributed by atoms with Gasteiger partial charge in [-0.05, 0) is 30.0 Å². The summed E-state index contributed by atoms with van der Waals surface area (Å²) in [5, 5.41) is 11.2. The zero-order chi connectivity index (χ0) is 8.27. The first-order valence-corrected chi connectivity index (χ1v) is 4.32. The second kappa shape index (κ2) is 3.87. The van der Waals surface area contributed by atoms with E-state index in [1.54, 1.807) is 18.2 Å². The summed E-state index contributed by atoms with van der Waals surface area (Å²) in [5.41, 5.74) is 0. The number of rotatable bonds is 1. The van der Waals surface area contributed by atoms with Gasteiger partial charge in [-0.1, -0.05) is 23.2 Å². The quantitative estimate of drug-likeness (QED) is 0.515. The number of hydrogen-bond acceptors (Lipinski definition) is 2. The highest BCUT2D eigenvalue weighted by molar-refractivity contribution is 8.03. The summed E-state index contributed by atoms with van der Waals surface area (Å²) in [6, 6.07) is 5.09. The second-order valence-electron chi connectivity index (χ2n) is 1.77. The van der Waals surface area contributed by atoms with Gasteiger partial charge in [0.05, 0.1) is 10.0 Å². The predicted molar refractivity (Wildman–Crippen MR) is 47.9 cm³/mol. The lowest BCUT2D eigenvalue weighted by atomic mass is 10.4. The molecular formula is C7H3Cl2NS. The number of benzene rings is 1. The van der Waals surface area contributed by atoms with Gasteiger partial charge in [0.15, 0.2) is 0 Å². The van der Waals surface area contributed by atoms with Crippen LogP contribution in [0.2, 0.25) is 10.0 Å². The fourth-order valence-electron chi connectivity index (χ4n) is 0.593. The van der Waals surface area contributed by atoms with Crippen molar-refractivity contribution in [3.8, 4) is 5.40 Å². The minimum absolute atomic E-state index is 0.479. The molecule has 0 N–H and O–H groups in total. The molecule has 1 aromatic carbocycles. The van der Waals surface area contributed by atoms with E-state index in [9.17, 15) is 0 Å². The van der Waals surface area contributed by atoms with Gasteiger partial charge in [-0.2, -0.15) is 5.26 Å². The highest BCUT2D eigenvalue weighted by Crippen LogP contribution is 2.27. The molecule has 0 amide bonds. The van der Waals surface area contributed by atoms with Gasteiger partial charge in [-0.3, -0.25) is 0 Å². The van der Waals surface area contributed by atoms with Crippen molar-refractivity contribution < 1.29 is 0 Å². The lowest BCUT2D eigenvalue weighted by Crippen LogP contribution is -1.70. The molecule has 1 aromatic rings. The highest BCUT2D eigenvalue weighted by Gasteiger charge is 1.98. The first-order chi connectivity index (χ1) is 5.24. The fraction of sp³-hybridized carbons (Fsp3) is 0. The number of halogens is 2. The van der Waals surface area contributed by atoms with Gasteiger partial charge in [0.25, 0.3) is 0 Å². The summed E-state index contributed by atoms with van der Waals surface area (Å²) >= 11 is 12.4. The van der Waals surface area contributed by atoms with Crippen molar-refractivity contribution in [3.05, 3.63) is 28.2 Å². The molecule has 0 bridgehead atoms. The van der Waals surface area contributed by atoms with Gasteiger partial charge < -0.3 is 0 Å². The molecule has 56 valence electrons. The monoisotopic (exact) mass is 203 g/mol. The summed E-state index contributed by atoms with van der Waals surface area (Å²) < 4.78 is 0. The van der Waals surface area contributed by atoms with Gasteiger partial charge in [-0.15, -0.1) is 0 Å². The molecule has 0 unspecified atom stereocenters. The van der Waals surface area contributed by atoms with E-state index in [0.29, 0.717) is 10.0 Å². The first-order valence-electron chi connectivity index (χ1n) is 2.75. The average molecular weight is 204 g/mol. The zero-order valence-electron chi connectivity index (χ0n) is 5.34. The number of nitrogens with zero attached hydrogens (tertiary/aromatic N) is 1. The molecule has 0 spiro atoms. The lowest BCUT2D eigenvalue weighted by molar-refractivity contribution is 1.47. The topological polar surface area (TPSA) is 23.8 Å². The Morgan fingerprint density at radius 1 is 1.27 bits per heavy atom. The summed E-state index contributed by atoms with van der Waals surface area (Å²) in [5.74, 6) is 0. The number of hydrogen-bond donors (Lipinski definition) is 0. The van der Waals surface area contributed by atoms with Gasteiger partial charge in [0.2, 0.25) is 0 Å². The number of thioether (sulfide) groups is 1. The first kappa shape index (κ1) is 8.73. The van der Waals surface area contributed by atoms with Crippen LogP contribution in [0.3, 0.4) is 0 Å². The van der Waals surface area contributed by atoms with Crippen LogP contribution in [0.25, 0.3) is 0 Å². The Balaban J connectivity index is 2.98. The Morgan fingerprint density at radius 3 is 2.55 bits per heavy atom. The maximum Gasteiger partial charge on any atom is 0.138 e. The Labute approximate surface area is 78.9 Å². The summed E-state index contributed by atoms with van der Waals surface area (Å²) in [7, 11) is 0. The van der Waals surface area contributed by atoms with Crippen LogP contribution < -0.4 is 0 Å². The van der Waals surface area contributed by atoms with E-state index in [-0.39, 0.29) is 0 Å². The van der Waals surface area contributed by atoms with Gasteiger partial charge in [0.1, 0.15) is 5.40 Å². The summed E-state index contributed by atoms with van der Waals surface area (Å²) in [6.07, 6.45) is 0. The van der Waals surface area contributed by atoms with Crippen molar-refractivity contribution in [3.63, 3.8) is 0 Å². The molecule has 0 atom stereocenters. The van der Waals surface area contributed by atoms with Crippen molar-refractivity contribution in [1.29, 1.82) is 5.26 Å². The summed E-state index contributed by atoms with van der Waals surface area (Å²) in [6.45, 7) is 0. The largest absolute Gasteiger partial charge is 0.185 e. The van der Waals surface area contributed by atoms with Crippen molar-refractivity contribution in [2.45, 2.75) is 4.90 Å².